The molecule has 2 nitrogen and oxygen atoms in total. The first kappa shape index (κ1) is 14.1. The minimum atomic E-state index is -4.42. The van der Waals surface area contributed by atoms with Crippen molar-refractivity contribution in [2.75, 3.05) is 7.05 Å². The van der Waals surface area contributed by atoms with E-state index in [9.17, 15) is 18.0 Å². The zero-order valence-electron chi connectivity index (χ0n) is 8.66. The lowest BCUT2D eigenvalue weighted by molar-refractivity contribution is -0.127. The maximum atomic E-state index is 12.3. The summed E-state index contributed by atoms with van der Waals surface area (Å²) in [5.74, 6) is -0.636. The van der Waals surface area contributed by atoms with Gasteiger partial charge in [-0.3, -0.25) is 4.79 Å². The van der Waals surface area contributed by atoms with Crippen molar-refractivity contribution in [3.05, 3.63) is 33.3 Å². The lowest BCUT2D eigenvalue weighted by Gasteiger charge is -2.12. The number of benzene rings is 1. The lowest BCUT2D eigenvalue weighted by atomic mass is 10.0. The minimum Gasteiger partial charge on any atom is -0.355 e. The molecular weight excluding hydrogens is 278 g/mol. The van der Waals surface area contributed by atoms with Crippen molar-refractivity contribution in [1.29, 1.82) is 0 Å². The molecule has 0 saturated heterocycles. The van der Waals surface area contributed by atoms with Crippen LogP contribution in [0.2, 0.25) is 10.0 Å². The second kappa shape index (κ2) is 5.14. The second-order valence-corrected chi connectivity index (χ2v) is 4.11. The van der Waals surface area contributed by atoms with Gasteiger partial charge in [0.15, 0.2) is 0 Å². The van der Waals surface area contributed by atoms with E-state index in [-0.39, 0.29) is 21.2 Å². The van der Waals surface area contributed by atoms with E-state index in [2.05, 4.69) is 5.32 Å². The van der Waals surface area contributed by atoms with E-state index in [1.165, 1.54) is 7.05 Å². The molecule has 0 aliphatic carbocycles. The van der Waals surface area contributed by atoms with E-state index in [0.717, 1.165) is 12.1 Å². The van der Waals surface area contributed by atoms with Gasteiger partial charge in [0, 0.05) is 12.6 Å². The van der Waals surface area contributed by atoms with Gasteiger partial charge < -0.3 is 5.32 Å². The van der Waals surface area contributed by atoms with Crippen LogP contribution in [-0.2, 0) is 6.42 Å². The van der Waals surface area contributed by atoms with Gasteiger partial charge in [-0.15, -0.1) is 0 Å². The third kappa shape index (κ3) is 3.78. The number of nitrogens with one attached hydrogen (secondary N) is 1. The smallest absolute Gasteiger partial charge is 0.355 e. The Labute approximate surface area is 106 Å². The molecule has 0 aromatic heterocycles. The van der Waals surface area contributed by atoms with Gasteiger partial charge in [0.1, 0.15) is 0 Å². The van der Waals surface area contributed by atoms with Crippen molar-refractivity contribution < 1.29 is 18.0 Å². The van der Waals surface area contributed by atoms with Crippen molar-refractivity contribution in [3.8, 4) is 0 Å². The molecule has 0 heterocycles. The highest BCUT2D eigenvalue weighted by molar-refractivity contribution is 6.42. The van der Waals surface area contributed by atoms with Crippen LogP contribution in [0.3, 0.4) is 0 Å². The molecule has 0 radical (unpaired) electrons. The largest absolute Gasteiger partial charge is 0.393 e. The fourth-order valence-corrected chi connectivity index (χ4v) is 1.65. The number of halogens is 5. The molecule has 0 atom stereocenters. The van der Waals surface area contributed by atoms with Gasteiger partial charge in [-0.1, -0.05) is 23.2 Å². The molecule has 0 spiro atoms. The fraction of sp³-hybridized carbons (Fsp3) is 0.300. The van der Waals surface area contributed by atoms with Crippen molar-refractivity contribution >= 4 is 29.1 Å². The van der Waals surface area contributed by atoms with Crippen LogP contribution in [0.15, 0.2) is 12.1 Å². The number of amides is 1. The molecule has 0 aliphatic rings. The maximum Gasteiger partial charge on any atom is 0.393 e. The quantitative estimate of drug-likeness (QED) is 0.886. The molecule has 94 valence electrons. The first-order chi connectivity index (χ1) is 7.74. The summed E-state index contributed by atoms with van der Waals surface area (Å²) in [6.07, 6.45) is -5.65. The average molecular weight is 286 g/mol. The minimum absolute atomic E-state index is 0.0152. The maximum absolute atomic E-state index is 12.3. The summed E-state index contributed by atoms with van der Waals surface area (Å²) in [7, 11) is 1.32. The monoisotopic (exact) mass is 285 g/mol. The number of alkyl halides is 3. The van der Waals surface area contributed by atoms with E-state index >= 15 is 0 Å². The summed E-state index contributed by atoms with van der Waals surface area (Å²) < 4.78 is 36.9. The van der Waals surface area contributed by atoms with E-state index in [1.54, 1.807) is 0 Å². The third-order valence-electron chi connectivity index (χ3n) is 2.01. The Balaban J connectivity index is 3.26. The Hall–Kier alpha value is -0.940. The van der Waals surface area contributed by atoms with E-state index < -0.39 is 18.5 Å². The molecule has 1 aromatic carbocycles. The Bertz CT molecular complexity index is 446. The first-order valence-electron chi connectivity index (χ1n) is 4.51. The fourth-order valence-electron chi connectivity index (χ4n) is 1.30. The Morgan fingerprint density at radius 3 is 2.29 bits per heavy atom. The molecule has 1 N–H and O–H groups in total. The molecule has 1 amide bonds. The summed E-state index contributed by atoms with van der Waals surface area (Å²) in [6.45, 7) is 0. The van der Waals surface area contributed by atoms with Crippen molar-refractivity contribution in [2.24, 2.45) is 0 Å². The van der Waals surface area contributed by atoms with Gasteiger partial charge in [0.05, 0.1) is 16.5 Å². The van der Waals surface area contributed by atoms with Crippen LogP contribution in [-0.4, -0.2) is 19.1 Å². The molecule has 0 aliphatic heterocycles. The highest BCUT2D eigenvalue weighted by Crippen LogP contribution is 2.30. The van der Waals surface area contributed by atoms with Crippen LogP contribution in [0.5, 0.6) is 0 Å². The summed E-state index contributed by atoms with van der Waals surface area (Å²) in [5.41, 5.74) is -0.328. The van der Waals surface area contributed by atoms with Crippen LogP contribution in [0, 0.1) is 0 Å². The SMILES string of the molecule is CNC(=O)c1cc(Cl)c(Cl)cc1CC(F)(F)F. The summed E-state index contributed by atoms with van der Waals surface area (Å²) in [5, 5.41) is 2.27. The zero-order chi connectivity index (χ0) is 13.2. The van der Waals surface area contributed by atoms with E-state index in [1.807, 2.05) is 0 Å². The van der Waals surface area contributed by atoms with Crippen molar-refractivity contribution in [1.82, 2.24) is 5.32 Å². The van der Waals surface area contributed by atoms with Gasteiger partial charge in [-0.2, -0.15) is 13.2 Å². The average Bonchev–Trinajstić information content (AvgIpc) is 2.20. The zero-order valence-corrected chi connectivity index (χ0v) is 10.2. The number of hydrogen-bond donors (Lipinski definition) is 1. The highest BCUT2D eigenvalue weighted by Gasteiger charge is 2.30. The number of rotatable bonds is 2. The van der Waals surface area contributed by atoms with Crippen LogP contribution in [0.4, 0.5) is 13.2 Å². The molecule has 0 saturated carbocycles. The molecule has 0 unspecified atom stereocenters. The molecule has 1 aromatic rings. The summed E-state index contributed by atoms with van der Waals surface area (Å²) in [6, 6.07) is 2.19. The van der Waals surface area contributed by atoms with Crippen LogP contribution < -0.4 is 5.32 Å². The summed E-state index contributed by atoms with van der Waals surface area (Å²) >= 11 is 11.3. The standard InChI is InChI=1S/C10H8Cl2F3NO/c1-16-9(17)6-3-8(12)7(11)2-5(6)4-10(13,14)15/h2-3H,4H2,1H3,(H,16,17). The first-order valence-corrected chi connectivity index (χ1v) is 5.27. The Kier molecular flexibility index (Phi) is 4.27. The normalized spacial score (nSPS) is 11.4. The number of carbonyl (C=O) groups excluding carboxylic acids is 1. The van der Waals surface area contributed by atoms with Crippen LogP contribution in [0.1, 0.15) is 15.9 Å². The third-order valence-corrected chi connectivity index (χ3v) is 2.73. The summed E-state index contributed by atoms with van der Waals surface area (Å²) in [4.78, 5) is 11.4. The Morgan fingerprint density at radius 1 is 1.29 bits per heavy atom. The predicted molar refractivity (Wildman–Crippen MR) is 59.6 cm³/mol. The van der Waals surface area contributed by atoms with Crippen LogP contribution >= 0.6 is 23.2 Å². The lowest BCUT2D eigenvalue weighted by Crippen LogP contribution is -2.22. The molecule has 1 rings (SSSR count). The number of hydrogen-bond acceptors (Lipinski definition) is 1. The predicted octanol–water partition coefficient (Wildman–Crippen LogP) is 3.46. The molecular formula is C10H8Cl2F3NO. The van der Waals surface area contributed by atoms with Gasteiger partial charge >= 0.3 is 6.18 Å². The van der Waals surface area contributed by atoms with Crippen molar-refractivity contribution in [2.45, 2.75) is 12.6 Å². The number of carbonyl (C=O) groups is 1. The van der Waals surface area contributed by atoms with E-state index in [0.29, 0.717) is 0 Å². The van der Waals surface area contributed by atoms with Gasteiger partial charge in [0.25, 0.3) is 5.91 Å². The van der Waals surface area contributed by atoms with Gasteiger partial charge in [-0.05, 0) is 17.7 Å². The van der Waals surface area contributed by atoms with Gasteiger partial charge in [0.2, 0.25) is 0 Å². The van der Waals surface area contributed by atoms with Gasteiger partial charge in [-0.25, -0.2) is 0 Å². The molecule has 17 heavy (non-hydrogen) atoms. The van der Waals surface area contributed by atoms with E-state index in [4.69, 9.17) is 23.2 Å². The molecule has 0 fully saturated rings. The molecule has 0 bridgehead atoms. The molecule has 7 heteroatoms. The Morgan fingerprint density at radius 2 is 1.82 bits per heavy atom. The highest BCUT2D eigenvalue weighted by atomic mass is 35.5. The topological polar surface area (TPSA) is 29.1 Å². The van der Waals surface area contributed by atoms with Crippen molar-refractivity contribution in [3.63, 3.8) is 0 Å². The second-order valence-electron chi connectivity index (χ2n) is 3.29. The van der Waals surface area contributed by atoms with Crippen LogP contribution in [0.25, 0.3) is 0 Å².